The maximum atomic E-state index is 4.46. The number of pyridine rings is 1. The maximum absolute atomic E-state index is 4.46. The van der Waals surface area contributed by atoms with Gasteiger partial charge in [-0.3, -0.25) is 4.98 Å². The molecular formula is C16H14Br2N2S. The first-order chi connectivity index (χ1) is 10.2. The van der Waals surface area contributed by atoms with Gasteiger partial charge in [0.15, 0.2) is 0 Å². The van der Waals surface area contributed by atoms with E-state index in [0.29, 0.717) is 0 Å². The highest BCUT2D eigenvalue weighted by Crippen LogP contribution is 2.38. The summed E-state index contributed by atoms with van der Waals surface area (Å²) in [7, 11) is 0. The van der Waals surface area contributed by atoms with Gasteiger partial charge in [0.1, 0.15) is 0 Å². The molecule has 3 rings (SSSR count). The number of nitrogens with one attached hydrogen (secondary N) is 1. The van der Waals surface area contributed by atoms with Crippen LogP contribution >= 0.6 is 43.2 Å². The fraction of sp³-hybridized carbons (Fsp3) is 0.188. The van der Waals surface area contributed by atoms with Crippen LogP contribution in [0.15, 0.2) is 50.9 Å². The van der Waals surface area contributed by atoms with Gasteiger partial charge >= 0.3 is 0 Å². The summed E-state index contributed by atoms with van der Waals surface area (Å²) < 4.78 is 2.23. The molecule has 0 spiro atoms. The standard InChI is InChI=1S/C16H14Br2N2S/c1-2-19-15(14-9-12(17)16(18)21-14)11-6-5-10-4-3-7-20-13(10)8-11/h3-9,15,19H,2H2,1H3. The van der Waals surface area contributed by atoms with Gasteiger partial charge in [0.2, 0.25) is 0 Å². The van der Waals surface area contributed by atoms with E-state index in [0.717, 1.165) is 20.3 Å². The lowest BCUT2D eigenvalue weighted by Crippen LogP contribution is -2.21. The maximum Gasteiger partial charge on any atom is 0.0843 e. The molecule has 0 aliphatic carbocycles. The minimum Gasteiger partial charge on any atom is -0.306 e. The number of nitrogens with zero attached hydrogens (tertiary/aromatic N) is 1. The second kappa shape index (κ2) is 6.57. The molecule has 2 nitrogen and oxygen atoms in total. The first kappa shape index (κ1) is 15.2. The number of hydrogen-bond acceptors (Lipinski definition) is 3. The third-order valence-corrected chi connectivity index (χ3v) is 6.64. The fourth-order valence-corrected chi connectivity index (χ4v) is 4.55. The van der Waals surface area contributed by atoms with Gasteiger partial charge in [-0.2, -0.15) is 0 Å². The Morgan fingerprint density at radius 2 is 2.10 bits per heavy atom. The summed E-state index contributed by atoms with van der Waals surface area (Å²) in [4.78, 5) is 5.74. The zero-order valence-electron chi connectivity index (χ0n) is 11.4. The SMILES string of the molecule is CCNC(c1ccc2cccnc2c1)c1cc(Br)c(Br)s1. The summed E-state index contributed by atoms with van der Waals surface area (Å²) in [5.74, 6) is 0. The molecule has 0 aliphatic rings. The van der Waals surface area contributed by atoms with Crippen molar-refractivity contribution >= 4 is 54.1 Å². The van der Waals surface area contributed by atoms with Crippen molar-refractivity contribution in [1.82, 2.24) is 10.3 Å². The van der Waals surface area contributed by atoms with Crippen LogP contribution in [0.2, 0.25) is 0 Å². The average molecular weight is 426 g/mol. The molecule has 1 N–H and O–H groups in total. The number of rotatable bonds is 4. The summed E-state index contributed by atoms with van der Waals surface area (Å²) >= 11 is 8.90. The molecule has 1 unspecified atom stereocenters. The Bertz CT molecular complexity index is 750. The molecule has 0 radical (unpaired) electrons. The zero-order valence-corrected chi connectivity index (χ0v) is 15.4. The largest absolute Gasteiger partial charge is 0.306 e. The second-order valence-corrected chi connectivity index (χ2v) is 7.97. The molecule has 108 valence electrons. The normalized spacial score (nSPS) is 12.7. The summed E-state index contributed by atoms with van der Waals surface area (Å²) in [5, 5.41) is 4.73. The summed E-state index contributed by atoms with van der Waals surface area (Å²) in [6.45, 7) is 3.04. The van der Waals surface area contributed by atoms with Crippen LogP contribution in [0, 0.1) is 0 Å². The van der Waals surface area contributed by atoms with Crippen LogP contribution in [-0.2, 0) is 0 Å². The van der Waals surface area contributed by atoms with Crippen molar-refractivity contribution in [3.05, 3.63) is 61.3 Å². The molecule has 3 aromatic rings. The van der Waals surface area contributed by atoms with Gasteiger partial charge in [-0.25, -0.2) is 0 Å². The van der Waals surface area contributed by atoms with Gasteiger partial charge in [0.05, 0.1) is 15.3 Å². The fourth-order valence-electron chi connectivity index (χ4n) is 2.36. The predicted molar refractivity (Wildman–Crippen MR) is 97.0 cm³/mol. The minimum atomic E-state index is 0.189. The van der Waals surface area contributed by atoms with Crippen LogP contribution < -0.4 is 5.32 Å². The average Bonchev–Trinajstić information content (AvgIpc) is 2.83. The number of halogens is 2. The van der Waals surface area contributed by atoms with E-state index in [1.807, 2.05) is 12.3 Å². The van der Waals surface area contributed by atoms with Crippen LogP contribution in [0.5, 0.6) is 0 Å². The zero-order chi connectivity index (χ0) is 14.8. The van der Waals surface area contributed by atoms with Crippen molar-refractivity contribution < 1.29 is 0 Å². The third-order valence-electron chi connectivity index (χ3n) is 3.32. The third kappa shape index (κ3) is 3.21. The van der Waals surface area contributed by atoms with Crippen LogP contribution in [0.4, 0.5) is 0 Å². The van der Waals surface area contributed by atoms with E-state index in [9.17, 15) is 0 Å². The lowest BCUT2D eigenvalue weighted by Gasteiger charge is -2.17. The predicted octanol–water partition coefficient (Wildman–Crippen LogP) is 5.52. The van der Waals surface area contributed by atoms with Gasteiger partial charge in [-0.05, 0) is 62.2 Å². The summed E-state index contributed by atoms with van der Waals surface area (Å²) in [5.41, 5.74) is 2.27. The Hall–Kier alpha value is -0.750. The molecule has 5 heteroatoms. The molecule has 1 atom stereocenters. The molecule has 2 heterocycles. The molecule has 0 bridgehead atoms. The van der Waals surface area contributed by atoms with Gasteiger partial charge in [-0.15, -0.1) is 11.3 Å². The highest BCUT2D eigenvalue weighted by molar-refractivity contribution is 9.13. The van der Waals surface area contributed by atoms with Gasteiger partial charge in [-0.1, -0.05) is 25.1 Å². The Morgan fingerprint density at radius 3 is 2.81 bits per heavy atom. The quantitative estimate of drug-likeness (QED) is 0.595. The lowest BCUT2D eigenvalue weighted by atomic mass is 10.0. The molecule has 0 fully saturated rings. The van der Waals surface area contributed by atoms with Gasteiger partial charge in [0, 0.05) is 20.9 Å². The Kier molecular flexibility index (Phi) is 4.74. The van der Waals surface area contributed by atoms with Crippen molar-refractivity contribution in [2.75, 3.05) is 6.54 Å². The van der Waals surface area contributed by atoms with Crippen molar-refractivity contribution in [2.24, 2.45) is 0 Å². The summed E-state index contributed by atoms with van der Waals surface area (Å²) in [6, 6.07) is 12.9. The van der Waals surface area contributed by atoms with Crippen LogP contribution in [-0.4, -0.2) is 11.5 Å². The van der Waals surface area contributed by atoms with Crippen LogP contribution in [0.1, 0.15) is 23.4 Å². The van der Waals surface area contributed by atoms with E-state index in [1.54, 1.807) is 11.3 Å². The first-order valence-corrected chi connectivity index (χ1v) is 9.12. The molecule has 21 heavy (non-hydrogen) atoms. The number of thiophene rings is 1. The molecule has 0 saturated carbocycles. The molecule has 0 saturated heterocycles. The number of hydrogen-bond donors (Lipinski definition) is 1. The monoisotopic (exact) mass is 424 g/mol. The number of fused-ring (bicyclic) bond motifs is 1. The van der Waals surface area contributed by atoms with E-state index in [2.05, 4.69) is 79.4 Å². The Balaban J connectivity index is 2.06. The number of aromatic nitrogens is 1. The highest BCUT2D eigenvalue weighted by Gasteiger charge is 2.17. The molecule has 0 amide bonds. The number of benzene rings is 1. The van der Waals surface area contributed by atoms with Crippen LogP contribution in [0.3, 0.4) is 0 Å². The molecular weight excluding hydrogens is 412 g/mol. The van der Waals surface area contributed by atoms with E-state index in [-0.39, 0.29) is 6.04 Å². The Morgan fingerprint density at radius 1 is 1.24 bits per heavy atom. The smallest absolute Gasteiger partial charge is 0.0843 e. The van der Waals surface area contributed by atoms with Gasteiger partial charge in [0.25, 0.3) is 0 Å². The van der Waals surface area contributed by atoms with E-state index < -0.39 is 0 Å². The second-order valence-electron chi connectivity index (χ2n) is 4.72. The van der Waals surface area contributed by atoms with E-state index in [1.165, 1.54) is 15.8 Å². The van der Waals surface area contributed by atoms with Crippen molar-refractivity contribution in [2.45, 2.75) is 13.0 Å². The summed E-state index contributed by atoms with van der Waals surface area (Å²) in [6.07, 6.45) is 1.84. The van der Waals surface area contributed by atoms with Crippen LogP contribution in [0.25, 0.3) is 10.9 Å². The van der Waals surface area contributed by atoms with Crippen molar-refractivity contribution in [3.63, 3.8) is 0 Å². The Labute approximate surface area is 144 Å². The van der Waals surface area contributed by atoms with E-state index >= 15 is 0 Å². The topological polar surface area (TPSA) is 24.9 Å². The highest BCUT2D eigenvalue weighted by atomic mass is 79.9. The molecule has 2 aromatic heterocycles. The van der Waals surface area contributed by atoms with E-state index in [4.69, 9.17) is 0 Å². The van der Waals surface area contributed by atoms with Crippen molar-refractivity contribution in [1.29, 1.82) is 0 Å². The molecule has 0 aliphatic heterocycles. The molecule has 1 aromatic carbocycles. The first-order valence-electron chi connectivity index (χ1n) is 6.72. The lowest BCUT2D eigenvalue weighted by molar-refractivity contribution is 0.640. The van der Waals surface area contributed by atoms with Crippen molar-refractivity contribution in [3.8, 4) is 0 Å². The minimum absolute atomic E-state index is 0.189. The van der Waals surface area contributed by atoms with Gasteiger partial charge < -0.3 is 5.32 Å².